The second-order valence-corrected chi connectivity index (χ2v) is 7.47. The van der Waals surface area contributed by atoms with Crippen LogP contribution in [0.3, 0.4) is 0 Å². The number of ether oxygens (including phenoxy) is 1. The first-order chi connectivity index (χ1) is 15.4. The quantitative estimate of drug-likeness (QED) is 0.451. The van der Waals surface area contributed by atoms with Gasteiger partial charge in [-0.1, -0.05) is 30.4 Å². The molecule has 0 saturated carbocycles. The molecule has 0 aliphatic carbocycles. The third-order valence-corrected chi connectivity index (χ3v) is 5.12. The summed E-state index contributed by atoms with van der Waals surface area (Å²) in [6.45, 7) is -0.0173. The van der Waals surface area contributed by atoms with Crippen LogP contribution >= 0.6 is 0 Å². The number of methoxy groups -OCH3 is 1. The van der Waals surface area contributed by atoms with Crippen LogP contribution in [0.5, 0.6) is 5.75 Å². The minimum atomic E-state index is -1.68. The summed E-state index contributed by atoms with van der Waals surface area (Å²) in [4.78, 5) is 3.87. The molecular weight excluding hydrogens is 414 g/mol. The largest absolute Gasteiger partial charge is 0.497 e. The fourth-order valence-electron chi connectivity index (χ4n) is 3.54. The molecule has 1 N–H and O–H groups in total. The van der Waals surface area contributed by atoms with E-state index < -0.39 is 17.2 Å². The van der Waals surface area contributed by atoms with Crippen molar-refractivity contribution in [2.45, 2.75) is 18.7 Å². The lowest BCUT2D eigenvalue weighted by Gasteiger charge is -2.29. The number of rotatable bonds is 8. The van der Waals surface area contributed by atoms with Crippen LogP contribution in [0.1, 0.15) is 16.7 Å². The molecule has 32 heavy (non-hydrogen) atoms. The lowest BCUT2D eigenvalue weighted by atomic mass is 9.92. The van der Waals surface area contributed by atoms with E-state index in [9.17, 15) is 13.9 Å². The van der Waals surface area contributed by atoms with Crippen molar-refractivity contribution in [2.24, 2.45) is 0 Å². The Balaban J connectivity index is 1.57. The summed E-state index contributed by atoms with van der Waals surface area (Å²) in [5.41, 5.74) is 0.220. The van der Waals surface area contributed by atoms with Gasteiger partial charge in [0.1, 0.15) is 35.6 Å². The standard InChI is InChI=1S/C24H22F2N4O2/c1-32-21-7-4-18(5-8-21)2-3-19-10-11-29(13-19)14-24(31,15-30-17-27-16-28-30)22-9-6-20(25)12-23(22)26/h2-13,16-17,31H,14-15H2,1H3. The number of benzene rings is 2. The SMILES string of the molecule is COc1ccc(C=Cc2ccn(CC(O)(Cn3cncn3)c3ccc(F)cc3F)c2)cc1. The number of nitrogens with zero attached hydrogens (tertiary/aromatic N) is 4. The summed E-state index contributed by atoms with van der Waals surface area (Å²) in [6.07, 6.45) is 10.3. The number of hydrogen-bond acceptors (Lipinski definition) is 4. The molecule has 164 valence electrons. The Morgan fingerprint density at radius 3 is 2.50 bits per heavy atom. The molecule has 0 aliphatic heterocycles. The first-order valence-corrected chi connectivity index (χ1v) is 9.93. The van der Waals surface area contributed by atoms with Crippen LogP contribution in [0.2, 0.25) is 0 Å². The lowest BCUT2D eigenvalue weighted by Crippen LogP contribution is -2.37. The summed E-state index contributed by atoms with van der Waals surface area (Å²) < 4.78 is 36.3. The van der Waals surface area contributed by atoms with E-state index in [1.807, 2.05) is 48.7 Å². The van der Waals surface area contributed by atoms with Crippen molar-refractivity contribution in [1.82, 2.24) is 19.3 Å². The topological polar surface area (TPSA) is 65.1 Å². The van der Waals surface area contributed by atoms with Crippen molar-refractivity contribution < 1.29 is 18.6 Å². The van der Waals surface area contributed by atoms with Crippen molar-refractivity contribution >= 4 is 12.2 Å². The minimum absolute atomic E-state index is 0.0153. The Labute approximate surface area is 184 Å². The Morgan fingerprint density at radius 1 is 1.03 bits per heavy atom. The van der Waals surface area contributed by atoms with E-state index >= 15 is 0 Å². The third-order valence-electron chi connectivity index (χ3n) is 5.12. The lowest BCUT2D eigenvalue weighted by molar-refractivity contribution is -0.00534. The second-order valence-electron chi connectivity index (χ2n) is 7.47. The fraction of sp³-hybridized carbons (Fsp3) is 0.167. The Bertz CT molecular complexity index is 1200. The smallest absolute Gasteiger partial charge is 0.137 e. The Morgan fingerprint density at radius 2 is 1.81 bits per heavy atom. The predicted octanol–water partition coefficient (Wildman–Crippen LogP) is 4.12. The number of aromatic nitrogens is 4. The van der Waals surface area contributed by atoms with Gasteiger partial charge in [0, 0.05) is 24.0 Å². The van der Waals surface area contributed by atoms with Crippen LogP contribution in [0.4, 0.5) is 8.78 Å². The predicted molar refractivity (Wildman–Crippen MR) is 117 cm³/mol. The third kappa shape index (κ3) is 4.92. The van der Waals surface area contributed by atoms with Crippen molar-refractivity contribution in [1.29, 1.82) is 0 Å². The van der Waals surface area contributed by atoms with Gasteiger partial charge in [-0.25, -0.2) is 18.4 Å². The van der Waals surface area contributed by atoms with Gasteiger partial charge in [0.15, 0.2) is 0 Å². The monoisotopic (exact) mass is 436 g/mol. The van der Waals surface area contributed by atoms with Gasteiger partial charge >= 0.3 is 0 Å². The van der Waals surface area contributed by atoms with Crippen LogP contribution in [0, 0.1) is 11.6 Å². The van der Waals surface area contributed by atoms with Crippen molar-refractivity contribution in [3.05, 3.63) is 102 Å². The van der Waals surface area contributed by atoms with Gasteiger partial charge in [-0.05, 0) is 35.4 Å². The van der Waals surface area contributed by atoms with E-state index in [1.54, 1.807) is 17.9 Å². The zero-order chi connectivity index (χ0) is 22.6. The van der Waals surface area contributed by atoms with Gasteiger partial charge in [-0.15, -0.1) is 0 Å². The summed E-state index contributed by atoms with van der Waals surface area (Å²) in [7, 11) is 1.62. The number of hydrogen-bond donors (Lipinski definition) is 1. The average Bonchev–Trinajstić information content (AvgIpc) is 3.44. The van der Waals surface area contributed by atoms with Gasteiger partial charge in [0.05, 0.1) is 20.2 Å². The second kappa shape index (κ2) is 9.15. The summed E-state index contributed by atoms with van der Waals surface area (Å²) in [5, 5.41) is 15.5. The molecule has 1 unspecified atom stereocenters. The molecule has 0 amide bonds. The zero-order valence-corrected chi connectivity index (χ0v) is 17.4. The summed E-state index contributed by atoms with van der Waals surface area (Å²) >= 11 is 0. The van der Waals surface area contributed by atoms with E-state index in [0.717, 1.165) is 29.0 Å². The highest BCUT2D eigenvalue weighted by molar-refractivity contribution is 5.69. The van der Waals surface area contributed by atoms with Crippen LogP contribution in [0.25, 0.3) is 12.2 Å². The normalized spacial score (nSPS) is 13.4. The molecule has 4 rings (SSSR count). The molecule has 8 heteroatoms. The highest BCUT2D eigenvalue weighted by Gasteiger charge is 2.34. The highest BCUT2D eigenvalue weighted by Crippen LogP contribution is 2.29. The Kier molecular flexibility index (Phi) is 6.13. The van der Waals surface area contributed by atoms with Crippen molar-refractivity contribution in [3.8, 4) is 5.75 Å². The molecule has 4 aromatic rings. The molecule has 0 saturated heterocycles. The van der Waals surface area contributed by atoms with E-state index in [4.69, 9.17) is 4.74 Å². The molecule has 0 radical (unpaired) electrons. The van der Waals surface area contributed by atoms with Gasteiger partial charge < -0.3 is 14.4 Å². The maximum Gasteiger partial charge on any atom is 0.137 e. The van der Waals surface area contributed by atoms with Gasteiger partial charge in [0.2, 0.25) is 0 Å². The molecule has 1 atom stereocenters. The maximum atomic E-state index is 14.6. The van der Waals surface area contributed by atoms with Crippen LogP contribution < -0.4 is 4.74 Å². The van der Waals surface area contributed by atoms with Gasteiger partial charge in [-0.2, -0.15) is 5.10 Å². The molecule has 0 bridgehead atoms. The van der Waals surface area contributed by atoms with Crippen LogP contribution in [0.15, 0.2) is 73.6 Å². The van der Waals surface area contributed by atoms with Crippen LogP contribution in [-0.2, 0) is 18.7 Å². The van der Waals surface area contributed by atoms with Crippen molar-refractivity contribution in [3.63, 3.8) is 0 Å². The molecular formula is C24H22F2N4O2. The summed E-state index contributed by atoms with van der Waals surface area (Å²) in [6, 6.07) is 12.7. The molecule has 0 spiro atoms. The van der Waals surface area contributed by atoms with E-state index in [1.165, 1.54) is 23.4 Å². The molecule has 2 aromatic carbocycles. The zero-order valence-electron chi connectivity index (χ0n) is 17.4. The molecule has 0 fully saturated rings. The summed E-state index contributed by atoms with van der Waals surface area (Å²) in [5.74, 6) is -0.742. The number of aliphatic hydroxyl groups is 1. The molecule has 2 heterocycles. The highest BCUT2D eigenvalue weighted by atomic mass is 19.1. The Hall–Kier alpha value is -3.78. The fourth-order valence-corrected chi connectivity index (χ4v) is 3.54. The first-order valence-electron chi connectivity index (χ1n) is 9.93. The minimum Gasteiger partial charge on any atom is -0.497 e. The van der Waals surface area contributed by atoms with E-state index in [2.05, 4.69) is 10.1 Å². The van der Waals surface area contributed by atoms with Crippen molar-refractivity contribution in [2.75, 3.05) is 7.11 Å². The number of halogens is 2. The molecule has 2 aromatic heterocycles. The van der Waals surface area contributed by atoms with E-state index in [0.29, 0.717) is 0 Å². The first kappa shape index (κ1) is 21.5. The molecule has 6 nitrogen and oxygen atoms in total. The average molecular weight is 436 g/mol. The van der Waals surface area contributed by atoms with E-state index in [-0.39, 0.29) is 18.7 Å². The van der Waals surface area contributed by atoms with Gasteiger partial charge in [-0.3, -0.25) is 0 Å². The van der Waals surface area contributed by atoms with Crippen LogP contribution in [-0.4, -0.2) is 31.5 Å². The maximum absolute atomic E-state index is 14.6. The van der Waals surface area contributed by atoms with Gasteiger partial charge in [0.25, 0.3) is 0 Å². The molecule has 0 aliphatic rings.